The van der Waals surface area contributed by atoms with Gasteiger partial charge in [-0.2, -0.15) is 0 Å². The summed E-state index contributed by atoms with van der Waals surface area (Å²) in [7, 11) is 0. The molecule has 13 rings (SSSR count). The zero-order valence-corrected chi connectivity index (χ0v) is 34.0. The van der Waals surface area contributed by atoms with E-state index in [0.717, 1.165) is 84.1 Å². The fraction of sp³-hybridized carbons (Fsp3) is 0. The van der Waals surface area contributed by atoms with Crippen molar-refractivity contribution in [2.45, 2.75) is 0 Å². The summed E-state index contributed by atoms with van der Waals surface area (Å²) in [6.07, 6.45) is 0. The van der Waals surface area contributed by atoms with Gasteiger partial charge in [0.25, 0.3) is 0 Å². The molecule has 0 fully saturated rings. The van der Waals surface area contributed by atoms with E-state index in [4.69, 9.17) is 9.97 Å². The fourth-order valence-electron chi connectivity index (χ4n) is 9.46. The van der Waals surface area contributed by atoms with Crippen molar-refractivity contribution in [1.82, 2.24) is 27.9 Å². The topological polar surface area (TPSA) is 47.7 Å². The molecule has 63 heavy (non-hydrogen) atoms. The van der Waals surface area contributed by atoms with Crippen LogP contribution in [0.4, 0.5) is 17.1 Å². The standard InChI is InChI=1S/C56H37N7/c1-4-14-38(15-5-1)40-24-28-43(29-25-40)59(45-32-34-51-53(36-45)62-49-22-12-10-20-47(49)57-55(62)60(51)42-18-8-3-9-19-42)46-33-35-52-54(37-46)63-50-23-13-11-21-48(50)58-56(63)61(52)44-30-26-41(27-31-44)39-16-6-2-7-17-39/h1-37H. The second kappa shape index (κ2) is 13.9. The molecule has 0 saturated carbocycles. The molecule has 0 unspecified atom stereocenters. The predicted molar refractivity (Wildman–Crippen MR) is 258 cm³/mol. The van der Waals surface area contributed by atoms with Crippen LogP contribution in [-0.2, 0) is 0 Å². The van der Waals surface area contributed by atoms with Crippen LogP contribution in [0.15, 0.2) is 224 Å². The zero-order chi connectivity index (χ0) is 41.4. The summed E-state index contributed by atoms with van der Waals surface area (Å²) in [4.78, 5) is 12.8. The van der Waals surface area contributed by atoms with Crippen molar-refractivity contribution in [2.75, 3.05) is 4.90 Å². The Morgan fingerprint density at radius 2 is 0.667 bits per heavy atom. The largest absolute Gasteiger partial charge is 0.310 e. The highest BCUT2D eigenvalue weighted by Gasteiger charge is 2.23. The van der Waals surface area contributed by atoms with Crippen molar-refractivity contribution in [3.63, 3.8) is 0 Å². The molecule has 0 spiro atoms. The van der Waals surface area contributed by atoms with E-state index in [-0.39, 0.29) is 0 Å². The van der Waals surface area contributed by atoms with Gasteiger partial charge < -0.3 is 4.90 Å². The lowest BCUT2D eigenvalue weighted by molar-refractivity contribution is 1.11. The summed E-state index contributed by atoms with van der Waals surface area (Å²) in [5.74, 6) is 1.75. The molecule has 9 aromatic carbocycles. The van der Waals surface area contributed by atoms with Gasteiger partial charge in [0.05, 0.1) is 44.1 Å². The average Bonchev–Trinajstić information content (AvgIpc) is 4.09. The molecule has 0 aliphatic heterocycles. The number of aromatic nitrogens is 6. The molecule has 0 amide bonds. The normalized spacial score (nSPS) is 11.8. The lowest BCUT2D eigenvalue weighted by atomic mass is 10.0. The Kier molecular flexibility index (Phi) is 7.77. The maximum atomic E-state index is 5.25. The molecule has 0 saturated heterocycles. The summed E-state index contributed by atoms with van der Waals surface area (Å²) < 4.78 is 9.15. The molecule has 4 heterocycles. The quantitative estimate of drug-likeness (QED) is 0.161. The van der Waals surface area contributed by atoms with E-state index in [9.17, 15) is 0 Å². The highest BCUT2D eigenvalue weighted by molar-refractivity contribution is 5.98. The number of para-hydroxylation sites is 5. The summed E-state index contributed by atoms with van der Waals surface area (Å²) in [5, 5.41) is 0. The van der Waals surface area contributed by atoms with Gasteiger partial charge in [-0.25, -0.2) is 9.97 Å². The van der Waals surface area contributed by atoms with Crippen LogP contribution < -0.4 is 4.90 Å². The maximum Gasteiger partial charge on any atom is 0.220 e. The molecule has 7 heteroatoms. The third-order valence-electron chi connectivity index (χ3n) is 12.4. The Labute approximate surface area is 362 Å². The van der Waals surface area contributed by atoms with Gasteiger partial charge in [0.15, 0.2) is 0 Å². The molecule has 0 atom stereocenters. The van der Waals surface area contributed by atoms with Crippen molar-refractivity contribution in [3.8, 4) is 33.6 Å². The second-order valence-corrected chi connectivity index (χ2v) is 16.0. The van der Waals surface area contributed by atoms with Crippen molar-refractivity contribution in [2.24, 2.45) is 0 Å². The lowest BCUT2D eigenvalue weighted by Crippen LogP contribution is -2.10. The number of nitrogens with zero attached hydrogens (tertiary/aromatic N) is 7. The summed E-state index contributed by atoms with van der Waals surface area (Å²) in [6.45, 7) is 0. The molecule has 13 aromatic rings. The SMILES string of the molecule is c1ccc(-c2ccc(N(c3ccc4c(c3)n3c5ccccc5nc3n4-c3ccccc3)c3ccc4c(c3)n3c5ccccc5nc3n4-c3ccc(-c4ccccc4)cc3)cc2)cc1. The lowest BCUT2D eigenvalue weighted by Gasteiger charge is -2.26. The van der Waals surface area contributed by atoms with Crippen LogP contribution in [0.3, 0.4) is 0 Å². The second-order valence-electron chi connectivity index (χ2n) is 16.0. The Hall–Kier alpha value is -8.68. The predicted octanol–water partition coefficient (Wildman–Crippen LogP) is 14.0. The van der Waals surface area contributed by atoms with E-state index in [1.54, 1.807) is 0 Å². The average molecular weight is 808 g/mol. The third kappa shape index (κ3) is 5.53. The molecule has 0 aliphatic rings. The fourth-order valence-corrected chi connectivity index (χ4v) is 9.46. The Morgan fingerprint density at radius 3 is 1.16 bits per heavy atom. The van der Waals surface area contributed by atoms with Gasteiger partial charge in [0.2, 0.25) is 11.6 Å². The minimum absolute atomic E-state index is 0.868. The summed E-state index contributed by atoms with van der Waals surface area (Å²) in [5.41, 5.74) is 18.3. The number of imidazole rings is 4. The molecule has 296 valence electrons. The van der Waals surface area contributed by atoms with Crippen LogP contribution in [-0.4, -0.2) is 27.9 Å². The Bertz CT molecular complexity index is 3820. The minimum Gasteiger partial charge on any atom is -0.310 e. The first kappa shape index (κ1) is 35.1. The number of fused-ring (bicyclic) bond motifs is 10. The van der Waals surface area contributed by atoms with Gasteiger partial charge in [-0.15, -0.1) is 0 Å². The van der Waals surface area contributed by atoms with E-state index < -0.39 is 0 Å². The number of anilines is 3. The van der Waals surface area contributed by atoms with E-state index in [1.165, 1.54) is 22.3 Å². The molecular formula is C56H37N7. The molecule has 0 N–H and O–H groups in total. The van der Waals surface area contributed by atoms with E-state index in [2.05, 4.69) is 247 Å². The van der Waals surface area contributed by atoms with Gasteiger partial charge in [-0.1, -0.05) is 127 Å². The number of rotatable bonds is 7. The zero-order valence-electron chi connectivity index (χ0n) is 34.0. The first-order valence-electron chi connectivity index (χ1n) is 21.3. The molecule has 0 radical (unpaired) electrons. The van der Waals surface area contributed by atoms with Crippen LogP contribution in [0.25, 0.3) is 89.3 Å². The van der Waals surface area contributed by atoms with Crippen LogP contribution in [0, 0.1) is 0 Å². The molecule has 7 nitrogen and oxygen atoms in total. The summed E-state index contributed by atoms with van der Waals surface area (Å²) in [6, 6.07) is 79.7. The highest BCUT2D eigenvalue weighted by Crippen LogP contribution is 2.41. The Balaban J connectivity index is 1.04. The molecule has 4 aromatic heterocycles. The van der Waals surface area contributed by atoms with Crippen molar-refractivity contribution in [3.05, 3.63) is 224 Å². The first-order valence-corrected chi connectivity index (χ1v) is 21.3. The van der Waals surface area contributed by atoms with Crippen LogP contribution in [0.2, 0.25) is 0 Å². The number of hydrogen-bond acceptors (Lipinski definition) is 3. The third-order valence-corrected chi connectivity index (χ3v) is 12.4. The molecule has 0 aliphatic carbocycles. The van der Waals surface area contributed by atoms with Gasteiger partial charge in [0, 0.05) is 28.4 Å². The van der Waals surface area contributed by atoms with Gasteiger partial charge in [-0.05, 0) is 119 Å². The number of benzene rings is 9. The number of hydrogen-bond donors (Lipinski definition) is 0. The van der Waals surface area contributed by atoms with Crippen LogP contribution >= 0.6 is 0 Å². The minimum atomic E-state index is 0.868. The monoisotopic (exact) mass is 807 g/mol. The van der Waals surface area contributed by atoms with E-state index >= 15 is 0 Å². The van der Waals surface area contributed by atoms with Crippen molar-refractivity contribution < 1.29 is 0 Å². The first-order chi connectivity index (χ1) is 31.2. The van der Waals surface area contributed by atoms with Crippen molar-refractivity contribution >= 4 is 72.8 Å². The molecular weight excluding hydrogens is 771 g/mol. The maximum absolute atomic E-state index is 5.25. The smallest absolute Gasteiger partial charge is 0.220 e. The van der Waals surface area contributed by atoms with Gasteiger partial charge in [0.1, 0.15) is 0 Å². The van der Waals surface area contributed by atoms with Gasteiger partial charge >= 0.3 is 0 Å². The van der Waals surface area contributed by atoms with Crippen LogP contribution in [0.1, 0.15) is 0 Å². The molecule has 0 bridgehead atoms. The van der Waals surface area contributed by atoms with E-state index in [1.807, 2.05) is 0 Å². The van der Waals surface area contributed by atoms with Crippen LogP contribution in [0.5, 0.6) is 0 Å². The van der Waals surface area contributed by atoms with Crippen molar-refractivity contribution in [1.29, 1.82) is 0 Å². The van der Waals surface area contributed by atoms with E-state index in [0.29, 0.717) is 0 Å². The Morgan fingerprint density at radius 1 is 0.286 bits per heavy atom. The van der Waals surface area contributed by atoms with Gasteiger partial charge in [-0.3, -0.25) is 17.9 Å². The summed E-state index contributed by atoms with van der Waals surface area (Å²) >= 11 is 0. The highest BCUT2D eigenvalue weighted by atomic mass is 15.2.